The Kier molecular flexibility index (Phi) is 2.11. The van der Waals surface area contributed by atoms with E-state index in [1.165, 1.54) is 0 Å². The Labute approximate surface area is 81.3 Å². The van der Waals surface area contributed by atoms with Crippen LogP contribution < -0.4 is 5.32 Å². The maximum absolute atomic E-state index is 11.4. The first-order valence-electron chi connectivity index (χ1n) is 4.58. The van der Waals surface area contributed by atoms with Crippen LogP contribution in [0.25, 0.3) is 0 Å². The topological polar surface area (TPSA) is 66.4 Å². The molecule has 0 saturated carbocycles. The van der Waals surface area contributed by atoms with Gasteiger partial charge >= 0.3 is 5.97 Å². The molecule has 1 saturated heterocycles. The molecule has 74 valence electrons. The Hall–Kier alpha value is -1.58. The first kappa shape index (κ1) is 8.99. The van der Waals surface area contributed by atoms with Gasteiger partial charge in [-0.25, -0.2) is 0 Å². The summed E-state index contributed by atoms with van der Waals surface area (Å²) in [5, 5.41) is 11.6. The molecule has 0 bridgehead atoms. The van der Waals surface area contributed by atoms with Crippen molar-refractivity contribution in [3.63, 3.8) is 0 Å². The smallest absolute Gasteiger partial charge is 0.308 e. The molecule has 0 radical (unpaired) electrons. The number of amides is 1. The number of piperidine rings is 1. The molecule has 0 unspecified atom stereocenters. The number of rotatable bonds is 1. The van der Waals surface area contributed by atoms with Crippen LogP contribution in [-0.2, 0) is 9.59 Å². The van der Waals surface area contributed by atoms with Crippen molar-refractivity contribution in [2.24, 2.45) is 11.8 Å². The van der Waals surface area contributed by atoms with E-state index in [1.807, 2.05) is 6.08 Å². The molecule has 4 nitrogen and oxygen atoms in total. The van der Waals surface area contributed by atoms with Gasteiger partial charge in [-0.15, -0.1) is 0 Å². The highest BCUT2D eigenvalue weighted by molar-refractivity contribution is 5.97. The van der Waals surface area contributed by atoms with Gasteiger partial charge in [-0.2, -0.15) is 0 Å². The SMILES string of the molecule is O=C1NC[C@@H](C(=O)O)[C@H]2CC=CC=C12. The normalized spacial score (nSPS) is 30.3. The zero-order valence-electron chi connectivity index (χ0n) is 7.56. The third kappa shape index (κ3) is 1.32. The van der Waals surface area contributed by atoms with Gasteiger partial charge in [0.1, 0.15) is 0 Å². The van der Waals surface area contributed by atoms with Crippen LogP contribution in [0.15, 0.2) is 23.8 Å². The van der Waals surface area contributed by atoms with Gasteiger partial charge in [0.15, 0.2) is 0 Å². The van der Waals surface area contributed by atoms with E-state index >= 15 is 0 Å². The van der Waals surface area contributed by atoms with Gasteiger partial charge < -0.3 is 10.4 Å². The van der Waals surface area contributed by atoms with Gasteiger partial charge in [-0.3, -0.25) is 9.59 Å². The summed E-state index contributed by atoms with van der Waals surface area (Å²) < 4.78 is 0. The van der Waals surface area contributed by atoms with Crippen molar-refractivity contribution in [2.75, 3.05) is 6.54 Å². The van der Waals surface area contributed by atoms with E-state index in [0.717, 1.165) is 0 Å². The Balaban J connectivity index is 2.30. The second-order valence-corrected chi connectivity index (χ2v) is 3.55. The molecule has 0 aromatic heterocycles. The molecule has 2 N–H and O–H groups in total. The second kappa shape index (κ2) is 3.29. The Morgan fingerprint density at radius 2 is 2.36 bits per heavy atom. The van der Waals surface area contributed by atoms with Crippen molar-refractivity contribution < 1.29 is 14.7 Å². The number of carbonyl (C=O) groups excluding carboxylic acids is 1. The molecule has 1 amide bonds. The highest BCUT2D eigenvalue weighted by atomic mass is 16.4. The van der Waals surface area contributed by atoms with Gasteiger partial charge in [0.05, 0.1) is 5.92 Å². The first-order valence-corrected chi connectivity index (χ1v) is 4.58. The van der Waals surface area contributed by atoms with Gasteiger partial charge in [0.2, 0.25) is 5.91 Å². The van der Waals surface area contributed by atoms with Gasteiger partial charge in [-0.1, -0.05) is 18.2 Å². The average Bonchev–Trinajstić information content (AvgIpc) is 2.18. The molecule has 0 aromatic rings. The van der Waals surface area contributed by atoms with E-state index in [2.05, 4.69) is 5.32 Å². The summed E-state index contributed by atoms with van der Waals surface area (Å²) in [5.41, 5.74) is 0.603. The van der Waals surface area contributed by atoms with Gasteiger partial charge in [-0.05, 0) is 6.42 Å². The molecule has 4 heteroatoms. The fourth-order valence-electron chi connectivity index (χ4n) is 1.98. The zero-order chi connectivity index (χ0) is 10.1. The zero-order valence-corrected chi connectivity index (χ0v) is 7.56. The third-order valence-electron chi connectivity index (χ3n) is 2.75. The van der Waals surface area contributed by atoms with Gasteiger partial charge in [0.25, 0.3) is 0 Å². The van der Waals surface area contributed by atoms with Crippen molar-refractivity contribution in [1.82, 2.24) is 5.32 Å². The minimum atomic E-state index is -0.837. The maximum atomic E-state index is 11.4. The van der Waals surface area contributed by atoms with Crippen LogP contribution in [0.5, 0.6) is 0 Å². The Morgan fingerprint density at radius 3 is 3.07 bits per heavy atom. The average molecular weight is 193 g/mol. The fourth-order valence-corrected chi connectivity index (χ4v) is 1.98. The molecule has 14 heavy (non-hydrogen) atoms. The van der Waals surface area contributed by atoms with Crippen LogP contribution in [0, 0.1) is 11.8 Å². The molecule has 1 fully saturated rings. The molecule has 2 rings (SSSR count). The van der Waals surface area contributed by atoms with E-state index in [9.17, 15) is 9.59 Å². The highest BCUT2D eigenvalue weighted by Gasteiger charge is 2.37. The van der Waals surface area contributed by atoms with E-state index in [-0.39, 0.29) is 18.4 Å². The number of allylic oxidation sites excluding steroid dienone is 3. The number of carboxylic acid groups (broad SMARTS) is 1. The number of nitrogens with one attached hydrogen (secondary N) is 1. The fraction of sp³-hybridized carbons (Fsp3) is 0.400. The predicted molar refractivity (Wildman–Crippen MR) is 49.5 cm³/mol. The molecular weight excluding hydrogens is 182 g/mol. The summed E-state index contributed by atoms with van der Waals surface area (Å²) >= 11 is 0. The quantitative estimate of drug-likeness (QED) is 0.630. The molecule has 1 heterocycles. The maximum Gasteiger partial charge on any atom is 0.308 e. The van der Waals surface area contributed by atoms with Crippen LogP contribution in [-0.4, -0.2) is 23.5 Å². The van der Waals surface area contributed by atoms with Crippen LogP contribution in [0.4, 0.5) is 0 Å². The minimum absolute atomic E-state index is 0.128. The minimum Gasteiger partial charge on any atom is -0.481 e. The summed E-state index contributed by atoms with van der Waals surface area (Å²) in [6.45, 7) is 0.240. The van der Waals surface area contributed by atoms with Crippen LogP contribution in [0.2, 0.25) is 0 Å². The molecule has 0 spiro atoms. The number of hydrogen-bond donors (Lipinski definition) is 2. The lowest BCUT2D eigenvalue weighted by atomic mass is 9.78. The van der Waals surface area contributed by atoms with Gasteiger partial charge in [0, 0.05) is 18.0 Å². The van der Waals surface area contributed by atoms with Crippen LogP contribution in [0.3, 0.4) is 0 Å². The lowest BCUT2D eigenvalue weighted by Crippen LogP contribution is -2.46. The lowest BCUT2D eigenvalue weighted by molar-refractivity contribution is -0.144. The lowest BCUT2D eigenvalue weighted by Gasteiger charge is -2.31. The van der Waals surface area contributed by atoms with Crippen LogP contribution in [0.1, 0.15) is 6.42 Å². The summed E-state index contributed by atoms with van der Waals surface area (Å²) in [6.07, 6.45) is 6.06. The third-order valence-corrected chi connectivity index (χ3v) is 2.75. The summed E-state index contributed by atoms with van der Waals surface area (Å²) in [6, 6.07) is 0. The highest BCUT2D eigenvalue weighted by Crippen LogP contribution is 2.31. The number of carboxylic acids is 1. The van der Waals surface area contributed by atoms with Crippen molar-refractivity contribution in [3.05, 3.63) is 23.8 Å². The van der Waals surface area contributed by atoms with Crippen LogP contribution >= 0.6 is 0 Å². The van der Waals surface area contributed by atoms with E-state index in [4.69, 9.17) is 5.11 Å². The molecule has 1 aliphatic carbocycles. The number of aliphatic carboxylic acids is 1. The molecule has 2 aliphatic rings. The number of carbonyl (C=O) groups is 2. The Morgan fingerprint density at radius 1 is 1.57 bits per heavy atom. The van der Waals surface area contributed by atoms with Crippen molar-refractivity contribution in [2.45, 2.75) is 6.42 Å². The molecule has 0 aromatic carbocycles. The van der Waals surface area contributed by atoms with E-state index < -0.39 is 11.9 Å². The van der Waals surface area contributed by atoms with E-state index in [1.54, 1.807) is 12.2 Å². The Bertz CT molecular complexity index is 343. The molecular formula is C10H11NO3. The molecule has 2 atom stereocenters. The van der Waals surface area contributed by atoms with E-state index in [0.29, 0.717) is 12.0 Å². The predicted octanol–water partition coefficient (Wildman–Crippen LogP) is 0.319. The summed E-state index contributed by atoms with van der Waals surface area (Å²) in [4.78, 5) is 22.3. The monoisotopic (exact) mass is 193 g/mol. The summed E-state index contributed by atoms with van der Waals surface area (Å²) in [5.74, 6) is -1.59. The summed E-state index contributed by atoms with van der Waals surface area (Å²) in [7, 11) is 0. The molecule has 1 aliphatic heterocycles. The van der Waals surface area contributed by atoms with Crippen molar-refractivity contribution in [3.8, 4) is 0 Å². The largest absolute Gasteiger partial charge is 0.481 e. The second-order valence-electron chi connectivity index (χ2n) is 3.55. The first-order chi connectivity index (χ1) is 6.70. The number of fused-ring (bicyclic) bond motifs is 1. The standard InChI is InChI=1S/C10H11NO3/c12-9-7-4-2-1-3-6(7)8(5-11-9)10(13)14/h1-2,4,6,8H,3,5H2,(H,11,12)(H,13,14)/t6-,8+/m0/s1. The van der Waals surface area contributed by atoms with Crippen molar-refractivity contribution in [1.29, 1.82) is 0 Å². The van der Waals surface area contributed by atoms with Crippen molar-refractivity contribution >= 4 is 11.9 Å². The number of hydrogen-bond acceptors (Lipinski definition) is 2.